The van der Waals surface area contributed by atoms with E-state index >= 15 is 0 Å². The van der Waals surface area contributed by atoms with Crippen molar-refractivity contribution in [2.45, 2.75) is 32.5 Å². The van der Waals surface area contributed by atoms with Crippen LogP contribution in [0.4, 0.5) is 0 Å². The first-order valence-corrected chi connectivity index (χ1v) is 12.7. The summed E-state index contributed by atoms with van der Waals surface area (Å²) in [5, 5.41) is 1.01. The molecule has 1 aromatic heterocycles. The lowest BCUT2D eigenvalue weighted by atomic mass is 10.1. The van der Waals surface area contributed by atoms with Gasteiger partial charge in [-0.15, -0.1) is 11.3 Å². The highest BCUT2D eigenvalue weighted by Gasteiger charge is 2.25. The van der Waals surface area contributed by atoms with Gasteiger partial charge in [-0.1, -0.05) is 42.0 Å². The summed E-state index contributed by atoms with van der Waals surface area (Å²) in [4.78, 5) is 7.36. The Morgan fingerprint density at radius 1 is 1.09 bits per heavy atom. The molecule has 0 amide bonds. The molecule has 0 aliphatic carbocycles. The number of para-hydroxylation sites is 1. The van der Waals surface area contributed by atoms with Crippen molar-refractivity contribution >= 4 is 21.6 Å². The van der Waals surface area contributed by atoms with Gasteiger partial charge >= 0.3 is 0 Å². The summed E-state index contributed by atoms with van der Waals surface area (Å²) in [6, 6.07) is 21.4. The number of hydrogen-bond donors (Lipinski definition) is 0. The molecule has 5 nitrogen and oxygen atoms in total. The fourth-order valence-electron chi connectivity index (χ4n) is 4.73. The Labute approximate surface area is 203 Å². The van der Waals surface area contributed by atoms with Crippen molar-refractivity contribution in [2.75, 3.05) is 26.4 Å². The molecule has 1 unspecified atom stereocenters. The van der Waals surface area contributed by atoms with E-state index < -0.39 is 0 Å². The molecule has 2 aliphatic rings. The van der Waals surface area contributed by atoms with E-state index in [-0.39, 0.29) is 6.10 Å². The minimum Gasteiger partial charge on any atom is -0.488 e. The van der Waals surface area contributed by atoms with Gasteiger partial charge in [0, 0.05) is 37.2 Å². The van der Waals surface area contributed by atoms with Crippen LogP contribution in [0.5, 0.6) is 11.5 Å². The SMILES string of the molecule is Cc1cccc(CN2CCOc3c(cc(-c4nc5ccccc5s4)cc3OC3CCOC3)C2)c1. The van der Waals surface area contributed by atoms with Gasteiger partial charge in [0.2, 0.25) is 0 Å². The fourth-order valence-corrected chi connectivity index (χ4v) is 5.69. The molecule has 1 saturated heterocycles. The first kappa shape index (κ1) is 21.6. The number of benzene rings is 3. The average molecular weight is 473 g/mol. The zero-order chi connectivity index (χ0) is 22.9. The largest absolute Gasteiger partial charge is 0.488 e. The topological polar surface area (TPSA) is 43.8 Å². The van der Waals surface area contributed by atoms with Gasteiger partial charge in [0.15, 0.2) is 11.5 Å². The molecular formula is C28H28N2O3S. The lowest BCUT2D eigenvalue weighted by Gasteiger charge is -2.20. The van der Waals surface area contributed by atoms with E-state index in [1.807, 2.05) is 6.07 Å². The maximum atomic E-state index is 6.44. The molecular weight excluding hydrogens is 444 g/mol. The van der Waals surface area contributed by atoms with Crippen LogP contribution in [-0.4, -0.2) is 42.4 Å². The molecule has 1 fully saturated rings. The monoisotopic (exact) mass is 472 g/mol. The molecule has 3 aromatic carbocycles. The van der Waals surface area contributed by atoms with Crippen LogP contribution < -0.4 is 9.47 Å². The third-order valence-electron chi connectivity index (χ3n) is 6.39. The van der Waals surface area contributed by atoms with Gasteiger partial charge in [-0.3, -0.25) is 4.90 Å². The third-order valence-corrected chi connectivity index (χ3v) is 7.48. The molecule has 6 rings (SSSR count). The van der Waals surface area contributed by atoms with Crippen molar-refractivity contribution in [1.82, 2.24) is 9.88 Å². The minimum absolute atomic E-state index is 0.0602. The molecule has 0 bridgehead atoms. The molecule has 4 aromatic rings. The lowest BCUT2D eigenvalue weighted by molar-refractivity contribution is 0.137. The smallest absolute Gasteiger partial charge is 0.165 e. The molecule has 2 aliphatic heterocycles. The zero-order valence-corrected chi connectivity index (χ0v) is 20.1. The van der Waals surface area contributed by atoms with Crippen molar-refractivity contribution in [3.05, 3.63) is 77.4 Å². The average Bonchev–Trinajstić information content (AvgIpc) is 3.45. The molecule has 3 heterocycles. The molecule has 6 heteroatoms. The zero-order valence-electron chi connectivity index (χ0n) is 19.3. The lowest BCUT2D eigenvalue weighted by Crippen LogP contribution is -2.25. The Kier molecular flexibility index (Phi) is 5.95. The van der Waals surface area contributed by atoms with Crippen LogP contribution >= 0.6 is 11.3 Å². The van der Waals surface area contributed by atoms with Crippen LogP contribution in [0, 0.1) is 6.92 Å². The number of rotatable bonds is 5. The van der Waals surface area contributed by atoms with E-state index in [0.29, 0.717) is 13.2 Å². The molecule has 0 spiro atoms. The van der Waals surface area contributed by atoms with Gasteiger partial charge in [0.1, 0.15) is 17.7 Å². The maximum Gasteiger partial charge on any atom is 0.165 e. The number of hydrogen-bond acceptors (Lipinski definition) is 6. The van der Waals surface area contributed by atoms with Gasteiger partial charge < -0.3 is 14.2 Å². The van der Waals surface area contributed by atoms with Gasteiger partial charge in [-0.05, 0) is 36.8 Å². The van der Waals surface area contributed by atoms with Crippen molar-refractivity contribution in [3.63, 3.8) is 0 Å². The molecule has 0 radical (unpaired) electrons. The Hall–Kier alpha value is -2.93. The Morgan fingerprint density at radius 2 is 2.03 bits per heavy atom. The number of aryl methyl sites for hydroxylation is 1. The number of thiazole rings is 1. The maximum absolute atomic E-state index is 6.44. The first-order chi connectivity index (χ1) is 16.7. The van der Waals surface area contributed by atoms with Crippen LogP contribution in [0.1, 0.15) is 23.1 Å². The van der Waals surface area contributed by atoms with E-state index in [1.54, 1.807) is 11.3 Å². The van der Waals surface area contributed by atoms with E-state index in [2.05, 4.69) is 66.4 Å². The van der Waals surface area contributed by atoms with E-state index in [0.717, 1.165) is 65.8 Å². The van der Waals surface area contributed by atoms with Crippen LogP contribution in [0.25, 0.3) is 20.8 Å². The standard InChI is InChI=1S/C28H28N2O3S/c1-19-5-4-6-20(13-19)16-30-10-12-32-27-22(17-30)14-21(15-25(27)33-23-9-11-31-18-23)28-29-24-7-2-3-8-26(24)34-28/h2-8,13-15,23H,9-12,16-18H2,1H3. The third kappa shape index (κ3) is 4.53. The highest BCUT2D eigenvalue weighted by molar-refractivity contribution is 7.21. The van der Waals surface area contributed by atoms with Gasteiger partial charge in [0.05, 0.1) is 23.4 Å². The van der Waals surface area contributed by atoms with E-state index in [4.69, 9.17) is 19.2 Å². The number of aromatic nitrogens is 1. The normalized spacial score (nSPS) is 18.4. The van der Waals surface area contributed by atoms with E-state index in [9.17, 15) is 0 Å². The minimum atomic E-state index is 0.0602. The first-order valence-electron chi connectivity index (χ1n) is 11.9. The summed E-state index contributed by atoms with van der Waals surface area (Å²) in [6.07, 6.45) is 0.963. The van der Waals surface area contributed by atoms with Gasteiger partial charge in [0.25, 0.3) is 0 Å². The fraction of sp³-hybridized carbons (Fsp3) is 0.321. The summed E-state index contributed by atoms with van der Waals surface area (Å²) >= 11 is 1.72. The summed E-state index contributed by atoms with van der Waals surface area (Å²) in [7, 11) is 0. The second kappa shape index (κ2) is 9.37. The Morgan fingerprint density at radius 3 is 2.88 bits per heavy atom. The van der Waals surface area contributed by atoms with Crippen molar-refractivity contribution in [1.29, 1.82) is 0 Å². The second-order valence-corrected chi connectivity index (χ2v) is 10.1. The highest BCUT2D eigenvalue weighted by Crippen LogP contribution is 2.41. The molecule has 0 saturated carbocycles. The number of ether oxygens (including phenoxy) is 3. The quantitative estimate of drug-likeness (QED) is 0.365. The predicted octanol–water partition coefficient (Wildman–Crippen LogP) is 5.83. The van der Waals surface area contributed by atoms with Crippen LogP contribution in [-0.2, 0) is 17.8 Å². The summed E-state index contributed by atoms with van der Waals surface area (Å²) in [5.41, 5.74) is 5.87. The molecule has 34 heavy (non-hydrogen) atoms. The van der Waals surface area contributed by atoms with Crippen molar-refractivity contribution in [3.8, 4) is 22.1 Å². The summed E-state index contributed by atoms with van der Waals surface area (Å²) in [6.45, 7) is 6.71. The van der Waals surface area contributed by atoms with Gasteiger partial charge in [-0.25, -0.2) is 4.98 Å². The number of fused-ring (bicyclic) bond motifs is 2. The van der Waals surface area contributed by atoms with Crippen molar-refractivity contribution in [2.24, 2.45) is 0 Å². The van der Waals surface area contributed by atoms with E-state index in [1.165, 1.54) is 15.8 Å². The molecule has 174 valence electrons. The summed E-state index contributed by atoms with van der Waals surface area (Å²) in [5.74, 6) is 1.67. The molecule has 0 N–H and O–H groups in total. The van der Waals surface area contributed by atoms with Crippen LogP contribution in [0.2, 0.25) is 0 Å². The Bertz CT molecular complexity index is 1280. The second-order valence-electron chi connectivity index (χ2n) is 9.10. The van der Waals surface area contributed by atoms with Crippen LogP contribution in [0.15, 0.2) is 60.7 Å². The predicted molar refractivity (Wildman–Crippen MR) is 136 cm³/mol. The number of nitrogens with zero attached hydrogens (tertiary/aromatic N) is 2. The van der Waals surface area contributed by atoms with Crippen LogP contribution in [0.3, 0.4) is 0 Å². The summed E-state index contributed by atoms with van der Waals surface area (Å²) < 4.78 is 19.5. The Balaban J connectivity index is 1.37. The van der Waals surface area contributed by atoms with Crippen molar-refractivity contribution < 1.29 is 14.2 Å². The molecule has 1 atom stereocenters. The highest BCUT2D eigenvalue weighted by atomic mass is 32.1. The van der Waals surface area contributed by atoms with Gasteiger partial charge in [-0.2, -0.15) is 0 Å².